The Bertz CT molecular complexity index is 1090. The van der Waals surface area contributed by atoms with Gasteiger partial charge in [-0.05, 0) is 31.2 Å². The fourth-order valence-corrected chi connectivity index (χ4v) is 4.28. The first-order valence-corrected chi connectivity index (χ1v) is 10.0. The molecule has 0 saturated heterocycles. The van der Waals surface area contributed by atoms with E-state index < -0.39 is 5.97 Å². The average molecular weight is 413 g/mol. The number of nitrogens with zero attached hydrogens (tertiary/aromatic N) is 3. The van der Waals surface area contributed by atoms with E-state index in [1.807, 2.05) is 24.3 Å². The van der Waals surface area contributed by atoms with Gasteiger partial charge in [0.25, 0.3) is 5.56 Å². The fraction of sp³-hybridized carbons (Fsp3) is 0.300. The molecule has 1 aliphatic heterocycles. The molecule has 3 heterocycles. The van der Waals surface area contributed by atoms with E-state index >= 15 is 0 Å². The number of methoxy groups -OCH3 is 1. The van der Waals surface area contributed by atoms with Crippen molar-refractivity contribution in [1.29, 1.82) is 0 Å². The molecule has 0 radical (unpaired) electrons. The normalized spacial score (nSPS) is 15.2. The number of rotatable bonds is 6. The van der Waals surface area contributed by atoms with Crippen molar-refractivity contribution in [3.63, 3.8) is 0 Å². The highest BCUT2D eigenvalue weighted by Gasteiger charge is 2.28. The van der Waals surface area contributed by atoms with E-state index in [0.29, 0.717) is 28.1 Å². The molecule has 29 heavy (non-hydrogen) atoms. The van der Waals surface area contributed by atoms with Crippen LogP contribution in [0.5, 0.6) is 5.75 Å². The topological polar surface area (TPSA) is 96.5 Å². The second-order valence-electron chi connectivity index (χ2n) is 6.63. The molecule has 0 fully saturated rings. The Labute approximate surface area is 170 Å². The number of benzene rings is 1. The summed E-state index contributed by atoms with van der Waals surface area (Å²) in [5.74, 6) is 1.54. The van der Waals surface area contributed by atoms with Crippen LogP contribution >= 0.6 is 11.8 Å². The van der Waals surface area contributed by atoms with Crippen LogP contribution in [-0.2, 0) is 16.1 Å². The highest BCUT2D eigenvalue weighted by atomic mass is 32.2. The first-order valence-electron chi connectivity index (χ1n) is 9.02. The van der Waals surface area contributed by atoms with E-state index in [9.17, 15) is 9.59 Å². The zero-order valence-electron chi connectivity index (χ0n) is 16.0. The number of aryl methyl sites for hydroxylation is 1. The van der Waals surface area contributed by atoms with E-state index in [1.165, 1.54) is 17.8 Å². The smallest absolute Gasteiger partial charge is 0.308 e. The van der Waals surface area contributed by atoms with E-state index in [1.54, 1.807) is 24.7 Å². The molecule has 0 saturated carbocycles. The lowest BCUT2D eigenvalue weighted by molar-refractivity contribution is -0.145. The minimum atomic E-state index is -0.398. The molecule has 150 valence electrons. The van der Waals surface area contributed by atoms with E-state index in [0.717, 1.165) is 11.3 Å². The van der Waals surface area contributed by atoms with Crippen LogP contribution in [0.4, 0.5) is 0 Å². The lowest BCUT2D eigenvalue weighted by Crippen LogP contribution is -2.26. The van der Waals surface area contributed by atoms with Crippen molar-refractivity contribution < 1.29 is 18.8 Å². The minimum Gasteiger partial charge on any atom is -0.497 e. The molecule has 1 unspecified atom stereocenters. The van der Waals surface area contributed by atoms with Crippen LogP contribution in [0.25, 0.3) is 11.3 Å². The van der Waals surface area contributed by atoms with E-state index in [-0.39, 0.29) is 24.6 Å². The van der Waals surface area contributed by atoms with E-state index in [2.05, 4.69) is 10.1 Å². The van der Waals surface area contributed by atoms with Gasteiger partial charge >= 0.3 is 5.97 Å². The van der Waals surface area contributed by atoms with Crippen LogP contribution in [0.2, 0.25) is 0 Å². The maximum Gasteiger partial charge on any atom is 0.308 e. The predicted molar refractivity (Wildman–Crippen MR) is 106 cm³/mol. The van der Waals surface area contributed by atoms with Gasteiger partial charge < -0.3 is 14.0 Å². The molecule has 3 aromatic rings. The standard InChI is InChI=1S/C20H19N3O5S/c1-12-7-18(24)23-15(11-29-20(23)21-12)9-19(25)27-10-14-8-17(28-22-14)13-3-5-16(26-2)6-4-13/h3-8,15H,9-11H2,1-2H3. The van der Waals surface area contributed by atoms with Crippen LogP contribution in [0.1, 0.15) is 23.9 Å². The number of aromatic nitrogens is 3. The third kappa shape index (κ3) is 4.19. The molecule has 0 N–H and O–H groups in total. The van der Waals surface area contributed by atoms with Crippen molar-refractivity contribution in [3.8, 4) is 17.1 Å². The van der Waals surface area contributed by atoms with Crippen molar-refractivity contribution in [2.75, 3.05) is 12.9 Å². The molecule has 2 aromatic heterocycles. The molecule has 4 rings (SSSR count). The summed E-state index contributed by atoms with van der Waals surface area (Å²) in [4.78, 5) is 28.8. The number of ether oxygens (including phenoxy) is 2. The number of hydrogen-bond acceptors (Lipinski definition) is 8. The van der Waals surface area contributed by atoms with Gasteiger partial charge in [-0.15, -0.1) is 0 Å². The summed E-state index contributed by atoms with van der Waals surface area (Å²) in [5.41, 5.74) is 1.89. The Kier molecular flexibility index (Phi) is 5.39. The third-order valence-electron chi connectivity index (χ3n) is 4.53. The molecule has 8 nitrogen and oxygen atoms in total. The number of carbonyl (C=O) groups is 1. The van der Waals surface area contributed by atoms with Gasteiger partial charge in [0.2, 0.25) is 0 Å². The Hall–Kier alpha value is -3.07. The number of thioether (sulfide) groups is 1. The summed E-state index contributed by atoms with van der Waals surface area (Å²) in [6, 6.07) is 10.3. The molecule has 0 amide bonds. The Balaban J connectivity index is 1.35. The SMILES string of the molecule is COc1ccc(-c2cc(COC(=O)CC3CSc4nc(C)cc(=O)n43)no2)cc1. The zero-order valence-corrected chi connectivity index (χ0v) is 16.8. The maximum absolute atomic E-state index is 12.3. The average Bonchev–Trinajstić information content (AvgIpc) is 3.34. The van der Waals surface area contributed by atoms with Crippen molar-refractivity contribution in [3.05, 3.63) is 58.1 Å². The summed E-state index contributed by atoms with van der Waals surface area (Å²) in [6.07, 6.45) is 0.105. The number of esters is 1. The van der Waals surface area contributed by atoms with Gasteiger partial charge in [0.1, 0.15) is 18.1 Å². The summed E-state index contributed by atoms with van der Waals surface area (Å²) in [5, 5.41) is 4.59. The van der Waals surface area contributed by atoms with Gasteiger partial charge in [-0.2, -0.15) is 0 Å². The molecular formula is C20H19N3O5S. The Morgan fingerprint density at radius 3 is 2.86 bits per heavy atom. The highest BCUT2D eigenvalue weighted by molar-refractivity contribution is 7.99. The maximum atomic E-state index is 12.3. The molecule has 1 aromatic carbocycles. The predicted octanol–water partition coefficient (Wildman–Crippen LogP) is 3.00. The van der Waals surface area contributed by atoms with E-state index in [4.69, 9.17) is 14.0 Å². The molecular weight excluding hydrogens is 394 g/mol. The van der Waals surface area contributed by atoms with Gasteiger partial charge in [-0.25, -0.2) is 4.98 Å². The van der Waals surface area contributed by atoms with Gasteiger partial charge in [-0.3, -0.25) is 14.2 Å². The highest BCUT2D eigenvalue weighted by Crippen LogP contribution is 2.32. The molecule has 0 aliphatic carbocycles. The molecule has 0 spiro atoms. The van der Waals surface area contributed by atoms with Crippen LogP contribution in [0.15, 0.2) is 50.9 Å². The molecule has 9 heteroatoms. The van der Waals surface area contributed by atoms with Crippen molar-refractivity contribution >= 4 is 17.7 Å². The van der Waals surface area contributed by atoms with Crippen molar-refractivity contribution in [2.24, 2.45) is 0 Å². The molecule has 1 aliphatic rings. The monoisotopic (exact) mass is 413 g/mol. The summed E-state index contributed by atoms with van der Waals surface area (Å²) < 4.78 is 17.4. The van der Waals surface area contributed by atoms with Crippen molar-refractivity contribution in [1.82, 2.24) is 14.7 Å². The third-order valence-corrected chi connectivity index (χ3v) is 5.63. The summed E-state index contributed by atoms with van der Waals surface area (Å²) in [7, 11) is 1.60. The molecule has 0 bridgehead atoms. The first kappa shape index (κ1) is 19.3. The lowest BCUT2D eigenvalue weighted by Gasteiger charge is -2.12. The van der Waals surface area contributed by atoms with Gasteiger partial charge in [-0.1, -0.05) is 16.9 Å². The van der Waals surface area contributed by atoms with Crippen LogP contribution in [0, 0.1) is 6.92 Å². The number of fused-ring (bicyclic) bond motifs is 1. The second kappa shape index (κ2) is 8.12. The Morgan fingerprint density at radius 1 is 1.31 bits per heavy atom. The summed E-state index contributed by atoms with van der Waals surface area (Å²) >= 11 is 1.47. The van der Waals surface area contributed by atoms with Crippen LogP contribution in [0.3, 0.4) is 0 Å². The molecule has 1 atom stereocenters. The number of hydrogen-bond donors (Lipinski definition) is 0. The zero-order chi connectivity index (χ0) is 20.4. The van der Waals surface area contributed by atoms with Gasteiger partial charge in [0.15, 0.2) is 10.9 Å². The minimum absolute atomic E-state index is 0.00621. The van der Waals surface area contributed by atoms with Crippen molar-refractivity contribution in [2.45, 2.75) is 31.1 Å². The van der Waals surface area contributed by atoms with Gasteiger partial charge in [0, 0.05) is 29.1 Å². The largest absolute Gasteiger partial charge is 0.497 e. The second-order valence-corrected chi connectivity index (χ2v) is 7.62. The quantitative estimate of drug-likeness (QED) is 0.449. The Morgan fingerprint density at radius 2 is 2.10 bits per heavy atom. The first-order chi connectivity index (χ1) is 14.0. The van der Waals surface area contributed by atoms with Crippen LogP contribution in [-0.4, -0.2) is 33.5 Å². The van der Waals surface area contributed by atoms with Crippen LogP contribution < -0.4 is 10.3 Å². The summed E-state index contributed by atoms with van der Waals surface area (Å²) in [6.45, 7) is 1.79. The fourth-order valence-electron chi connectivity index (χ4n) is 3.09. The lowest BCUT2D eigenvalue weighted by atomic mass is 10.1. The number of carbonyl (C=O) groups excluding carboxylic acids is 1. The van der Waals surface area contributed by atoms with Gasteiger partial charge in [0.05, 0.1) is 19.6 Å².